The highest BCUT2D eigenvalue weighted by Gasteiger charge is 2.27. The molecule has 216 valence electrons. The predicted molar refractivity (Wildman–Crippen MR) is 163 cm³/mol. The van der Waals surface area contributed by atoms with Crippen molar-refractivity contribution in [1.82, 2.24) is 20.9 Å². The van der Waals surface area contributed by atoms with Gasteiger partial charge >= 0.3 is 6.03 Å². The molecule has 1 fully saturated rings. The van der Waals surface area contributed by atoms with Crippen LogP contribution in [0.15, 0.2) is 34.6 Å². The van der Waals surface area contributed by atoms with Crippen molar-refractivity contribution in [2.24, 2.45) is 23.7 Å². The van der Waals surface area contributed by atoms with Gasteiger partial charge in [-0.05, 0) is 48.7 Å². The van der Waals surface area contributed by atoms with E-state index in [1.165, 1.54) is 5.57 Å². The van der Waals surface area contributed by atoms with Crippen molar-refractivity contribution in [3.63, 3.8) is 0 Å². The first-order chi connectivity index (χ1) is 18.0. The van der Waals surface area contributed by atoms with Crippen LogP contribution in [-0.2, 0) is 4.79 Å². The number of carbonyl (C=O) groups is 2. The molecule has 6 heteroatoms. The molecule has 0 spiro atoms. The molecule has 6 nitrogen and oxygen atoms in total. The SMILES string of the molecule is C#C.CC(C)C.CCC1=CC(CC)/C(C(=O)N2CCNCC2)=C\C(CC(C)C)=C(\NC(=O)NCC(C)C)C1. The summed E-state index contributed by atoms with van der Waals surface area (Å²) >= 11 is 0. The Morgan fingerprint density at radius 3 is 2.08 bits per heavy atom. The summed E-state index contributed by atoms with van der Waals surface area (Å²) in [5.41, 5.74) is 4.14. The maximum atomic E-state index is 13.6. The van der Waals surface area contributed by atoms with Crippen LogP contribution in [-0.4, -0.2) is 49.6 Å². The van der Waals surface area contributed by atoms with E-state index in [4.69, 9.17) is 0 Å². The van der Waals surface area contributed by atoms with Crippen LogP contribution in [0.1, 0.15) is 88.0 Å². The molecule has 38 heavy (non-hydrogen) atoms. The fourth-order valence-electron chi connectivity index (χ4n) is 4.23. The Balaban J connectivity index is 0.00000208. The highest BCUT2D eigenvalue weighted by atomic mass is 16.2. The van der Waals surface area contributed by atoms with Gasteiger partial charge in [0.25, 0.3) is 0 Å². The summed E-state index contributed by atoms with van der Waals surface area (Å²) in [4.78, 5) is 28.2. The van der Waals surface area contributed by atoms with E-state index in [0.29, 0.717) is 18.4 Å². The molecule has 2 rings (SSSR count). The number of hydrogen-bond acceptors (Lipinski definition) is 3. The van der Waals surface area contributed by atoms with Gasteiger partial charge in [0, 0.05) is 56.3 Å². The average molecular weight is 529 g/mol. The Bertz CT molecular complexity index is 825. The Labute approximate surface area is 234 Å². The van der Waals surface area contributed by atoms with E-state index < -0.39 is 0 Å². The predicted octanol–water partition coefficient (Wildman–Crippen LogP) is 6.28. The molecule has 3 N–H and O–H groups in total. The number of urea groups is 1. The third kappa shape index (κ3) is 13.9. The zero-order chi connectivity index (χ0) is 29.3. The molecule has 2 aliphatic rings. The normalized spacial score (nSPS) is 21.1. The smallest absolute Gasteiger partial charge is 0.319 e. The maximum absolute atomic E-state index is 13.6. The highest BCUT2D eigenvalue weighted by molar-refractivity contribution is 5.95. The minimum atomic E-state index is -0.165. The molecule has 0 aromatic rings. The molecule has 0 aromatic heterocycles. The molecule has 3 amide bonds. The fourth-order valence-corrected chi connectivity index (χ4v) is 4.23. The molecular formula is C32H56N4O2. The monoisotopic (exact) mass is 528 g/mol. The average Bonchev–Trinajstić information content (AvgIpc) is 2.87. The molecule has 0 saturated carbocycles. The molecule has 1 aliphatic heterocycles. The number of rotatable bonds is 8. The standard InChI is InChI=1S/C26H44N4O2.C4H10.C2H2/c1-7-20-14-21(8-2)23(25(31)30-11-9-27-10-12-30)16-22(13-18(3)4)24(15-20)29-26(32)28-17-19(5)6;1-4(2)3;1-2/h14,16,18-19,21,27H,7-13,15,17H2,1-6H3,(H2,28,29,32);4H,1-3H3;1-2H/b20-14?,23-16+,24-22+;;. The first-order valence-electron chi connectivity index (χ1n) is 14.5. The van der Waals surface area contributed by atoms with E-state index in [-0.39, 0.29) is 17.9 Å². The first-order valence-corrected chi connectivity index (χ1v) is 14.5. The van der Waals surface area contributed by atoms with Gasteiger partial charge < -0.3 is 20.9 Å². The second-order valence-corrected chi connectivity index (χ2v) is 11.6. The molecule has 0 aromatic carbocycles. The summed E-state index contributed by atoms with van der Waals surface area (Å²) in [5, 5.41) is 9.44. The topological polar surface area (TPSA) is 73.5 Å². The number of terminal acetylenes is 1. The van der Waals surface area contributed by atoms with Crippen molar-refractivity contribution in [1.29, 1.82) is 0 Å². The van der Waals surface area contributed by atoms with Crippen LogP contribution in [0, 0.1) is 36.5 Å². The summed E-state index contributed by atoms with van der Waals surface area (Å²) in [6, 6.07) is -0.165. The highest BCUT2D eigenvalue weighted by Crippen LogP contribution is 2.32. The Morgan fingerprint density at radius 2 is 1.61 bits per heavy atom. The van der Waals surface area contributed by atoms with Crippen LogP contribution in [0.5, 0.6) is 0 Å². The lowest BCUT2D eigenvalue weighted by molar-refractivity contribution is -0.128. The van der Waals surface area contributed by atoms with Crippen LogP contribution in [0.25, 0.3) is 0 Å². The number of carbonyl (C=O) groups excluding carboxylic acids is 2. The van der Waals surface area contributed by atoms with Crippen LogP contribution >= 0.6 is 0 Å². The van der Waals surface area contributed by atoms with Gasteiger partial charge in [-0.3, -0.25) is 4.79 Å². The zero-order valence-electron chi connectivity index (χ0n) is 25.7. The molecule has 1 unspecified atom stereocenters. The first kappa shape index (κ1) is 35.5. The van der Waals surface area contributed by atoms with Crippen LogP contribution in [0.2, 0.25) is 0 Å². The number of nitrogens with one attached hydrogen (secondary N) is 3. The third-order valence-corrected chi connectivity index (χ3v) is 6.07. The van der Waals surface area contributed by atoms with E-state index in [1.807, 2.05) is 4.90 Å². The second-order valence-electron chi connectivity index (χ2n) is 11.6. The number of allylic oxidation sites excluding steroid dienone is 4. The lowest BCUT2D eigenvalue weighted by Crippen LogP contribution is -2.47. The largest absolute Gasteiger partial charge is 0.338 e. The van der Waals surface area contributed by atoms with Crippen molar-refractivity contribution in [2.75, 3.05) is 32.7 Å². The van der Waals surface area contributed by atoms with Gasteiger partial charge in [0.2, 0.25) is 5.91 Å². The third-order valence-electron chi connectivity index (χ3n) is 6.07. The molecule has 0 radical (unpaired) electrons. The molecule has 1 saturated heterocycles. The van der Waals surface area contributed by atoms with E-state index in [9.17, 15) is 9.59 Å². The van der Waals surface area contributed by atoms with Gasteiger partial charge in [0.05, 0.1) is 0 Å². The zero-order valence-corrected chi connectivity index (χ0v) is 25.7. The molecular weight excluding hydrogens is 472 g/mol. The minimum Gasteiger partial charge on any atom is -0.338 e. The fraction of sp³-hybridized carbons (Fsp3) is 0.688. The van der Waals surface area contributed by atoms with Crippen molar-refractivity contribution >= 4 is 11.9 Å². The van der Waals surface area contributed by atoms with Gasteiger partial charge in [0.1, 0.15) is 0 Å². The Morgan fingerprint density at radius 1 is 1.03 bits per heavy atom. The van der Waals surface area contributed by atoms with Gasteiger partial charge in [-0.15, -0.1) is 12.8 Å². The number of nitrogens with zero attached hydrogens (tertiary/aromatic N) is 1. The summed E-state index contributed by atoms with van der Waals surface area (Å²) in [6.45, 7) is 23.1. The number of amides is 3. The van der Waals surface area contributed by atoms with Crippen molar-refractivity contribution in [2.45, 2.75) is 88.0 Å². The van der Waals surface area contributed by atoms with Crippen LogP contribution < -0.4 is 16.0 Å². The lowest BCUT2D eigenvalue weighted by Gasteiger charge is -2.31. The molecule has 1 aliphatic carbocycles. The molecule has 1 atom stereocenters. The molecule has 0 bridgehead atoms. The summed E-state index contributed by atoms with van der Waals surface area (Å²) in [6.07, 6.45) is 15.7. The van der Waals surface area contributed by atoms with Gasteiger partial charge in [-0.25, -0.2) is 4.79 Å². The molecule has 1 heterocycles. The number of hydrogen-bond donors (Lipinski definition) is 3. The van der Waals surface area contributed by atoms with Gasteiger partial charge in [0.15, 0.2) is 0 Å². The van der Waals surface area contributed by atoms with Crippen LogP contribution in [0.4, 0.5) is 4.79 Å². The summed E-state index contributed by atoms with van der Waals surface area (Å²) in [5.74, 6) is 1.88. The maximum Gasteiger partial charge on any atom is 0.319 e. The number of piperazine rings is 1. The van der Waals surface area contributed by atoms with Crippen molar-refractivity contribution in [3.05, 3.63) is 34.6 Å². The van der Waals surface area contributed by atoms with E-state index in [2.05, 4.69) is 103 Å². The summed E-state index contributed by atoms with van der Waals surface area (Å²) in [7, 11) is 0. The quantitative estimate of drug-likeness (QED) is 0.256. The van der Waals surface area contributed by atoms with E-state index in [1.54, 1.807) is 0 Å². The van der Waals surface area contributed by atoms with E-state index in [0.717, 1.165) is 74.6 Å². The minimum absolute atomic E-state index is 0.103. The second kappa shape index (κ2) is 19.5. The Kier molecular flexibility index (Phi) is 18.2. The van der Waals surface area contributed by atoms with E-state index >= 15 is 0 Å². The van der Waals surface area contributed by atoms with Crippen molar-refractivity contribution < 1.29 is 9.59 Å². The van der Waals surface area contributed by atoms with Gasteiger partial charge in [-0.1, -0.05) is 74.0 Å². The van der Waals surface area contributed by atoms with Gasteiger partial charge in [-0.2, -0.15) is 0 Å². The van der Waals surface area contributed by atoms with Crippen molar-refractivity contribution in [3.8, 4) is 12.8 Å². The Hall–Kier alpha value is -2.52. The summed E-state index contributed by atoms with van der Waals surface area (Å²) < 4.78 is 0. The lowest BCUT2D eigenvalue weighted by atomic mass is 9.84. The van der Waals surface area contributed by atoms with Crippen LogP contribution in [0.3, 0.4) is 0 Å².